The van der Waals surface area contributed by atoms with Gasteiger partial charge in [0.1, 0.15) is 17.0 Å². The number of hydrogen-bond donors (Lipinski definition) is 4. The largest absolute Gasteiger partial charge is 0.480 e. The minimum atomic E-state index is -3.87. The van der Waals surface area contributed by atoms with E-state index in [1.807, 2.05) is 4.90 Å². The molecule has 35 heavy (non-hydrogen) atoms. The van der Waals surface area contributed by atoms with Crippen molar-refractivity contribution in [2.75, 3.05) is 19.6 Å². The zero-order chi connectivity index (χ0) is 23.8. The van der Waals surface area contributed by atoms with Crippen LogP contribution in [0.3, 0.4) is 0 Å². The van der Waals surface area contributed by atoms with E-state index in [-0.39, 0.29) is 47.1 Å². The number of nitrogens with zero attached hydrogens (tertiary/aromatic N) is 1. The number of likely N-dealkylation sites (tertiary alicyclic amines) is 1. The van der Waals surface area contributed by atoms with E-state index >= 15 is 0 Å². The van der Waals surface area contributed by atoms with Crippen molar-refractivity contribution in [1.82, 2.24) is 14.9 Å². The van der Waals surface area contributed by atoms with Gasteiger partial charge in [-0.15, -0.1) is 24.8 Å². The topological polar surface area (TPSA) is 136 Å². The number of aliphatic carboxylic acids is 2. The van der Waals surface area contributed by atoms with Gasteiger partial charge in [-0.25, -0.2) is 13.1 Å². The Labute approximate surface area is 222 Å². The van der Waals surface area contributed by atoms with Gasteiger partial charge in [0.05, 0.1) is 5.02 Å². The normalized spacial score (nSPS) is 31.0. The first kappa shape index (κ1) is 30.1. The highest BCUT2D eigenvalue weighted by Gasteiger charge is 2.42. The number of sulfonamides is 1. The number of carboxylic acid groups (broad SMARTS) is 2. The summed E-state index contributed by atoms with van der Waals surface area (Å²) < 4.78 is 28.3. The maximum Gasteiger partial charge on any atom is 0.320 e. The van der Waals surface area contributed by atoms with E-state index in [2.05, 4.69) is 10.0 Å². The Bertz CT molecular complexity index is 1010. The Kier molecular flexibility index (Phi) is 10.7. The fourth-order valence-electron chi connectivity index (χ4n) is 5.74. The molecule has 13 heteroatoms. The van der Waals surface area contributed by atoms with Crippen LogP contribution in [0.4, 0.5) is 0 Å². The summed E-state index contributed by atoms with van der Waals surface area (Å²) in [5.41, 5.74) is 0. The number of hydrogen-bond acceptors (Lipinski definition) is 6. The van der Waals surface area contributed by atoms with E-state index in [1.165, 1.54) is 12.1 Å². The van der Waals surface area contributed by atoms with Crippen LogP contribution >= 0.6 is 36.4 Å². The Hall–Kier alpha value is -1.14. The van der Waals surface area contributed by atoms with Crippen molar-refractivity contribution < 1.29 is 28.2 Å². The molecule has 2 aliphatic heterocycles. The lowest BCUT2D eigenvalue weighted by Gasteiger charge is -2.42. The highest BCUT2D eigenvalue weighted by Crippen LogP contribution is 2.39. The molecule has 4 rings (SSSR count). The Morgan fingerprint density at radius 1 is 1.06 bits per heavy atom. The fraction of sp³-hybridized carbons (Fsp3) is 0.636. The molecule has 1 aromatic rings. The lowest BCUT2D eigenvalue weighted by molar-refractivity contribution is -0.143. The third-order valence-corrected chi connectivity index (χ3v) is 9.36. The van der Waals surface area contributed by atoms with E-state index in [0.29, 0.717) is 37.9 Å². The van der Waals surface area contributed by atoms with Crippen molar-refractivity contribution in [3.63, 3.8) is 0 Å². The van der Waals surface area contributed by atoms with Gasteiger partial charge in [-0.1, -0.05) is 23.7 Å². The zero-order valence-electron chi connectivity index (χ0n) is 19.0. The van der Waals surface area contributed by atoms with E-state index in [0.717, 1.165) is 19.3 Å². The molecule has 198 valence electrons. The first-order valence-corrected chi connectivity index (χ1v) is 13.2. The molecule has 1 aromatic carbocycles. The van der Waals surface area contributed by atoms with Crippen molar-refractivity contribution in [3.05, 3.63) is 29.3 Å². The SMILES string of the molecule is Cl.Cl.O=C(O)[C@@H]1C[C@H]2C[C@@H](CN3C[C@@H](NS(=O)(=O)c4ccccc4Cl)C[C@H]3C(=O)O)CC[C@H]2CN1. The van der Waals surface area contributed by atoms with Crippen LogP contribution in [-0.2, 0) is 19.6 Å². The summed E-state index contributed by atoms with van der Waals surface area (Å²) in [7, 11) is -3.87. The second kappa shape index (κ2) is 12.4. The van der Waals surface area contributed by atoms with Crippen molar-refractivity contribution in [1.29, 1.82) is 0 Å². The summed E-state index contributed by atoms with van der Waals surface area (Å²) >= 11 is 6.05. The molecule has 1 aliphatic carbocycles. The van der Waals surface area contributed by atoms with Crippen LogP contribution < -0.4 is 10.0 Å². The number of benzene rings is 1. The number of nitrogens with one attached hydrogen (secondary N) is 2. The molecule has 3 fully saturated rings. The van der Waals surface area contributed by atoms with Crippen LogP contribution in [0.1, 0.15) is 32.1 Å². The van der Waals surface area contributed by atoms with Gasteiger partial charge in [-0.2, -0.15) is 0 Å². The Morgan fingerprint density at radius 2 is 1.77 bits per heavy atom. The molecule has 3 aliphatic rings. The fourth-order valence-corrected chi connectivity index (χ4v) is 7.50. The molecular formula is C22H32Cl3N3O6S. The average molecular weight is 573 g/mol. The minimum absolute atomic E-state index is 0. The summed E-state index contributed by atoms with van der Waals surface area (Å²) in [4.78, 5) is 25.1. The maximum absolute atomic E-state index is 12.8. The quantitative estimate of drug-likeness (QED) is 0.391. The molecule has 0 spiro atoms. The number of rotatable bonds is 7. The van der Waals surface area contributed by atoms with Gasteiger partial charge in [0, 0.05) is 19.1 Å². The van der Waals surface area contributed by atoms with Crippen LogP contribution in [0.25, 0.3) is 0 Å². The molecule has 0 unspecified atom stereocenters. The Balaban J connectivity index is 0.00000216. The number of carboxylic acids is 2. The van der Waals surface area contributed by atoms with Crippen molar-refractivity contribution >= 4 is 58.4 Å². The molecule has 0 radical (unpaired) electrons. The van der Waals surface area contributed by atoms with Gasteiger partial charge >= 0.3 is 11.9 Å². The first-order valence-electron chi connectivity index (χ1n) is 11.3. The number of halogens is 3. The van der Waals surface area contributed by atoms with Gasteiger partial charge in [-0.05, 0) is 68.5 Å². The van der Waals surface area contributed by atoms with Crippen molar-refractivity contribution in [2.45, 2.75) is 55.1 Å². The summed E-state index contributed by atoms with van der Waals surface area (Å²) in [5.74, 6) is -0.752. The summed E-state index contributed by atoms with van der Waals surface area (Å²) in [5, 5.41) is 22.3. The molecule has 2 saturated heterocycles. The number of carbonyl (C=O) groups is 2. The maximum atomic E-state index is 12.8. The van der Waals surface area contributed by atoms with Crippen molar-refractivity contribution in [3.8, 4) is 0 Å². The molecule has 0 amide bonds. The van der Waals surface area contributed by atoms with Crippen LogP contribution in [0.5, 0.6) is 0 Å². The molecular weight excluding hydrogens is 541 g/mol. The minimum Gasteiger partial charge on any atom is -0.480 e. The Morgan fingerprint density at radius 3 is 2.43 bits per heavy atom. The third-order valence-electron chi connectivity index (χ3n) is 7.34. The zero-order valence-corrected chi connectivity index (χ0v) is 22.2. The number of fused-ring (bicyclic) bond motifs is 1. The average Bonchev–Trinajstić information content (AvgIpc) is 3.15. The first-order chi connectivity index (χ1) is 15.6. The summed E-state index contributed by atoms with van der Waals surface area (Å²) in [6.07, 6.45) is 3.60. The molecule has 1 saturated carbocycles. The predicted octanol–water partition coefficient (Wildman–Crippen LogP) is 2.47. The highest BCUT2D eigenvalue weighted by molar-refractivity contribution is 7.89. The van der Waals surface area contributed by atoms with E-state index in [1.54, 1.807) is 12.1 Å². The monoisotopic (exact) mass is 571 g/mol. The van der Waals surface area contributed by atoms with Gasteiger partial charge in [-0.3, -0.25) is 14.5 Å². The molecule has 2 heterocycles. The van der Waals surface area contributed by atoms with Crippen LogP contribution in [0.15, 0.2) is 29.2 Å². The molecule has 0 bridgehead atoms. The highest BCUT2D eigenvalue weighted by atomic mass is 35.5. The van der Waals surface area contributed by atoms with Crippen LogP contribution in [-0.4, -0.2) is 73.2 Å². The molecule has 4 N–H and O–H groups in total. The van der Waals surface area contributed by atoms with Crippen molar-refractivity contribution in [2.24, 2.45) is 17.8 Å². The molecule has 0 aromatic heterocycles. The summed E-state index contributed by atoms with van der Waals surface area (Å²) in [6.45, 7) is 1.59. The van der Waals surface area contributed by atoms with Crippen LogP contribution in [0.2, 0.25) is 5.02 Å². The summed E-state index contributed by atoms with van der Waals surface area (Å²) in [6, 6.07) is 4.35. The standard InChI is InChI=1S/C22H30ClN3O6S.2ClH/c23-17-3-1-2-4-20(17)33(31,32)25-16-9-19(22(29)30)26(12-16)11-13-5-6-14-10-24-18(21(27)28)8-15(14)7-13;;/h1-4,13-16,18-19,24-25H,5-12H2,(H,27,28)(H,29,30);2*1H/t13-,14-,15+,16-,18-,19-;;/m0../s1. The predicted molar refractivity (Wildman–Crippen MR) is 136 cm³/mol. The van der Waals surface area contributed by atoms with Gasteiger partial charge in [0.15, 0.2) is 0 Å². The van der Waals surface area contributed by atoms with Gasteiger partial charge < -0.3 is 15.5 Å². The molecule has 6 atom stereocenters. The van der Waals surface area contributed by atoms with E-state index < -0.39 is 40.1 Å². The smallest absolute Gasteiger partial charge is 0.320 e. The second-order valence-electron chi connectivity index (χ2n) is 9.53. The van der Waals surface area contributed by atoms with Gasteiger partial charge in [0.25, 0.3) is 0 Å². The van der Waals surface area contributed by atoms with E-state index in [9.17, 15) is 28.2 Å². The lowest BCUT2D eigenvalue weighted by Crippen LogP contribution is -2.50. The third kappa shape index (κ3) is 7.00. The van der Waals surface area contributed by atoms with Gasteiger partial charge in [0.2, 0.25) is 10.0 Å². The lowest BCUT2D eigenvalue weighted by atomic mass is 9.69. The van der Waals surface area contributed by atoms with E-state index in [4.69, 9.17) is 11.6 Å². The second-order valence-corrected chi connectivity index (χ2v) is 11.6. The molecule has 9 nitrogen and oxygen atoms in total. The number of piperidine rings is 1. The van der Waals surface area contributed by atoms with Crippen LogP contribution in [0, 0.1) is 17.8 Å².